The van der Waals surface area contributed by atoms with E-state index in [1.165, 1.54) is 0 Å². The number of fused-ring (bicyclic) bond motifs is 1. The highest BCUT2D eigenvalue weighted by Gasteiger charge is 2.10. The molecular weight excluding hydrogens is 295 g/mol. The highest BCUT2D eigenvalue weighted by atomic mass is 79.9. The Hall–Kier alpha value is -1.07. The van der Waals surface area contributed by atoms with Crippen LogP contribution in [0.4, 0.5) is 0 Å². The number of carboxylic acid groups (broad SMARTS) is 1. The van der Waals surface area contributed by atoms with Gasteiger partial charge in [0.2, 0.25) is 0 Å². The van der Waals surface area contributed by atoms with Gasteiger partial charge in [0, 0.05) is 12.6 Å². The number of halogens is 2. The van der Waals surface area contributed by atoms with Crippen LogP contribution in [-0.2, 0) is 11.2 Å². The largest absolute Gasteiger partial charge is 0.481 e. The maximum absolute atomic E-state index is 10.5. The second-order valence-electron chi connectivity index (χ2n) is 3.32. The maximum Gasteiger partial charge on any atom is 0.303 e. The molecule has 84 valence electrons. The van der Waals surface area contributed by atoms with Gasteiger partial charge in [-0.25, -0.2) is 4.98 Å². The van der Waals surface area contributed by atoms with Crippen molar-refractivity contribution in [1.29, 1.82) is 0 Å². The number of aromatic nitrogens is 2. The summed E-state index contributed by atoms with van der Waals surface area (Å²) >= 11 is 9.21. The lowest BCUT2D eigenvalue weighted by Crippen LogP contribution is -2.01. The highest BCUT2D eigenvalue weighted by Crippen LogP contribution is 2.22. The van der Waals surface area contributed by atoms with Gasteiger partial charge >= 0.3 is 5.97 Å². The summed E-state index contributed by atoms with van der Waals surface area (Å²) in [6, 6.07) is 3.61. The van der Waals surface area contributed by atoms with Crippen molar-refractivity contribution in [2.24, 2.45) is 0 Å². The first-order valence-corrected chi connectivity index (χ1v) is 5.79. The highest BCUT2D eigenvalue weighted by molar-refractivity contribution is 9.10. The molecule has 0 atom stereocenters. The molecule has 0 amide bonds. The van der Waals surface area contributed by atoms with Crippen LogP contribution < -0.4 is 0 Å². The van der Waals surface area contributed by atoms with E-state index in [0.29, 0.717) is 21.9 Å². The molecule has 0 aliphatic rings. The summed E-state index contributed by atoms with van der Waals surface area (Å²) in [5, 5.41) is 9.23. The van der Waals surface area contributed by atoms with Crippen LogP contribution in [0.1, 0.15) is 12.2 Å². The van der Waals surface area contributed by atoms with E-state index in [1.807, 2.05) is 6.07 Å². The Morgan fingerprint density at radius 1 is 1.56 bits per heavy atom. The summed E-state index contributed by atoms with van der Waals surface area (Å²) in [7, 11) is 0. The summed E-state index contributed by atoms with van der Waals surface area (Å²) in [5.74, 6) is -0.151. The molecule has 2 heterocycles. The lowest BCUT2D eigenvalue weighted by atomic mass is 10.3. The Balaban J connectivity index is 2.44. The van der Waals surface area contributed by atoms with Gasteiger partial charge in [0.05, 0.1) is 17.0 Å². The predicted molar refractivity (Wildman–Crippen MR) is 63.9 cm³/mol. The molecule has 0 bridgehead atoms. The van der Waals surface area contributed by atoms with Crippen molar-refractivity contribution in [2.75, 3.05) is 0 Å². The van der Waals surface area contributed by atoms with Gasteiger partial charge in [-0.2, -0.15) is 0 Å². The van der Waals surface area contributed by atoms with E-state index in [0.717, 1.165) is 5.52 Å². The van der Waals surface area contributed by atoms with E-state index >= 15 is 0 Å². The van der Waals surface area contributed by atoms with Crippen LogP contribution in [0, 0.1) is 0 Å². The number of carbonyl (C=O) groups is 1. The van der Waals surface area contributed by atoms with Gasteiger partial charge in [-0.3, -0.25) is 4.79 Å². The van der Waals surface area contributed by atoms with Crippen LogP contribution in [0.25, 0.3) is 5.52 Å². The molecule has 0 saturated heterocycles. The van der Waals surface area contributed by atoms with Crippen LogP contribution in [0.5, 0.6) is 0 Å². The minimum atomic E-state index is -0.838. The zero-order valence-electron chi connectivity index (χ0n) is 8.15. The molecular formula is C10H8BrClN2O2. The average molecular weight is 304 g/mol. The first-order chi connectivity index (χ1) is 7.58. The van der Waals surface area contributed by atoms with Crippen LogP contribution in [0.2, 0.25) is 5.02 Å². The summed E-state index contributed by atoms with van der Waals surface area (Å²) < 4.78 is 2.50. The molecule has 0 aliphatic heterocycles. The smallest absolute Gasteiger partial charge is 0.303 e. The number of rotatable bonds is 3. The van der Waals surface area contributed by atoms with E-state index < -0.39 is 5.97 Å². The molecule has 4 nitrogen and oxygen atoms in total. The number of carboxylic acids is 1. The van der Waals surface area contributed by atoms with Crippen molar-refractivity contribution in [1.82, 2.24) is 9.38 Å². The van der Waals surface area contributed by atoms with Crippen molar-refractivity contribution in [3.05, 3.63) is 33.8 Å². The Labute approximate surface area is 105 Å². The molecule has 0 unspecified atom stereocenters. The predicted octanol–water partition coefficient (Wildman–Crippen LogP) is 2.77. The van der Waals surface area contributed by atoms with E-state index in [9.17, 15) is 4.79 Å². The number of aliphatic carboxylic acids is 1. The lowest BCUT2D eigenvalue weighted by molar-refractivity contribution is -0.137. The van der Waals surface area contributed by atoms with Crippen LogP contribution >= 0.6 is 27.5 Å². The third-order valence-corrected chi connectivity index (χ3v) is 3.00. The molecule has 16 heavy (non-hydrogen) atoms. The van der Waals surface area contributed by atoms with Crippen molar-refractivity contribution in [2.45, 2.75) is 12.8 Å². The molecule has 0 aliphatic carbocycles. The van der Waals surface area contributed by atoms with Gasteiger partial charge in [0.1, 0.15) is 10.4 Å². The molecule has 0 fully saturated rings. The Bertz CT molecular complexity index is 553. The first kappa shape index (κ1) is 11.4. The number of hydrogen-bond acceptors (Lipinski definition) is 2. The fourth-order valence-corrected chi connectivity index (χ4v) is 2.16. The monoisotopic (exact) mass is 302 g/mol. The number of pyridine rings is 1. The van der Waals surface area contributed by atoms with Crippen LogP contribution in [0.3, 0.4) is 0 Å². The van der Waals surface area contributed by atoms with Crippen molar-refractivity contribution in [3.63, 3.8) is 0 Å². The van der Waals surface area contributed by atoms with E-state index in [1.54, 1.807) is 16.7 Å². The maximum atomic E-state index is 10.5. The molecule has 2 rings (SSSR count). The third-order valence-electron chi connectivity index (χ3n) is 2.19. The van der Waals surface area contributed by atoms with E-state index in [4.69, 9.17) is 16.7 Å². The van der Waals surface area contributed by atoms with E-state index in [-0.39, 0.29) is 6.42 Å². The standard InChI is InChI=1S/C10H8BrClN2O2/c11-10-7-2-1-6(12)5-14(7)8(13-10)3-4-9(15)16/h1-2,5H,3-4H2,(H,15,16). The zero-order valence-corrected chi connectivity index (χ0v) is 10.5. The molecule has 2 aromatic rings. The lowest BCUT2D eigenvalue weighted by Gasteiger charge is -1.99. The summed E-state index contributed by atoms with van der Waals surface area (Å²) in [5.41, 5.74) is 0.879. The second kappa shape index (κ2) is 4.43. The number of imidazole rings is 1. The molecule has 0 saturated carbocycles. The van der Waals surface area contributed by atoms with Crippen molar-refractivity contribution in [3.8, 4) is 0 Å². The second-order valence-corrected chi connectivity index (χ2v) is 4.50. The fourth-order valence-electron chi connectivity index (χ4n) is 1.48. The molecule has 0 radical (unpaired) electrons. The minimum Gasteiger partial charge on any atom is -0.481 e. The minimum absolute atomic E-state index is 0.0536. The molecule has 2 aromatic heterocycles. The first-order valence-electron chi connectivity index (χ1n) is 4.61. The van der Waals surface area contributed by atoms with Crippen LogP contribution in [0.15, 0.2) is 22.9 Å². The van der Waals surface area contributed by atoms with Gasteiger partial charge in [0.15, 0.2) is 0 Å². The van der Waals surface area contributed by atoms with Gasteiger partial charge in [-0.05, 0) is 28.1 Å². The SMILES string of the molecule is O=C(O)CCc1nc(Br)c2ccc(Cl)cn12. The fraction of sp³-hybridized carbons (Fsp3) is 0.200. The summed E-state index contributed by atoms with van der Waals surface area (Å²) in [6.45, 7) is 0. The Morgan fingerprint density at radius 2 is 2.31 bits per heavy atom. The van der Waals surface area contributed by atoms with E-state index in [2.05, 4.69) is 20.9 Å². The molecule has 1 N–H and O–H groups in total. The van der Waals surface area contributed by atoms with Crippen LogP contribution in [-0.4, -0.2) is 20.5 Å². The quantitative estimate of drug-likeness (QED) is 0.948. The van der Waals surface area contributed by atoms with Gasteiger partial charge in [-0.1, -0.05) is 11.6 Å². The Kier molecular flexibility index (Phi) is 3.16. The molecule has 0 aromatic carbocycles. The van der Waals surface area contributed by atoms with Gasteiger partial charge in [0.25, 0.3) is 0 Å². The number of nitrogens with zero attached hydrogens (tertiary/aromatic N) is 2. The summed E-state index contributed by atoms with van der Waals surface area (Å²) in [6.07, 6.45) is 2.16. The molecule has 0 spiro atoms. The third kappa shape index (κ3) is 2.20. The number of hydrogen-bond donors (Lipinski definition) is 1. The van der Waals surface area contributed by atoms with Crippen molar-refractivity contribution < 1.29 is 9.90 Å². The summed E-state index contributed by atoms with van der Waals surface area (Å²) in [4.78, 5) is 14.8. The topological polar surface area (TPSA) is 54.6 Å². The normalized spacial score (nSPS) is 10.9. The number of aryl methyl sites for hydroxylation is 1. The van der Waals surface area contributed by atoms with Gasteiger partial charge in [-0.15, -0.1) is 0 Å². The van der Waals surface area contributed by atoms with Crippen molar-refractivity contribution >= 4 is 39.0 Å². The zero-order chi connectivity index (χ0) is 11.7. The Morgan fingerprint density at radius 3 is 3.00 bits per heavy atom. The molecule has 6 heteroatoms. The van der Waals surface area contributed by atoms with Gasteiger partial charge < -0.3 is 9.51 Å². The average Bonchev–Trinajstić information content (AvgIpc) is 2.52.